The lowest BCUT2D eigenvalue weighted by atomic mass is 10.0. The number of hydrogen-bond acceptors (Lipinski definition) is 6. The molecular formula is C32H32N4O3. The minimum Gasteiger partial charge on any atom is -0.489 e. The number of ether oxygens (including phenoxy) is 2. The third kappa shape index (κ3) is 7.54. The number of benzene rings is 4. The molecule has 1 amide bonds. The van der Waals surface area contributed by atoms with E-state index in [0.29, 0.717) is 19.6 Å². The summed E-state index contributed by atoms with van der Waals surface area (Å²) in [4.78, 5) is 12.6. The lowest BCUT2D eigenvalue weighted by molar-refractivity contribution is -0.122. The quantitative estimate of drug-likeness (QED) is 0.198. The van der Waals surface area contributed by atoms with E-state index in [2.05, 4.69) is 52.6 Å². The minimum atomic E-state index is -0.390. The Hall–Kier alpha value is -4.46. The fourth-order valence-electron chi connectivity index (χ4n) is 4.23. The molecule has 1 saturated heterocycles. The van der Waals surface area contributed by atoms with Gasteiger partial charge in [-0.2, -0.15) is 5.10 Å². The fourth-order valence-corrected chi connectivity index (χ4v) is 4.23. The van der Waals surface area contributed by atoms with Gasteiger partial charge in [-0.15, -0.1) is 0 Å². The average molecular weight is 521 g/mol. The van der Waals surface area contributed by atoms with Crippen molar-refractivity contribution in [3.63, 3.8) is 0 Å². The van der Waals surface area contributed by atoms with Crippen LogP contribution in [-0.4, -0.2) is 18.2 Å². The summed E-state index contributed by atoms with van der Waals surface area (Å²) >= 11 is 0. The van der Waals surface area contributed by atoms with Crippen LogP contribution >= 0.6 is 0 Å². The summed E-state index contributed by atoms with van der Waals surface area (Å²) in [6.45, 7) is 3.11. The molecule has 1 fully saturated rings. The van der Waals surface area contributed by atoms with Crippen LogP contribution in [0.15, 0.2) is 108 Å². The zero-order chi connectivity index (χ0) is 26.9. The van der Waals surface area contributed by atoms with Crippen LogP contribution in [0.4, 0.5) is 0 Å². The van der Waals surface area contributed by atoms with E-state index in [-0.39, 0.29) is 11.9 Å². The standard InChI is InChI=1S/C32H32N4O3/c1-23-7-9-26(10-8-23)22-39-29-17-13-27(14-18-29)30-19-31(35-34-30)32(37)36-33-20-24-11-15-28(16-12-24)38-21-25-5-3-2-4-6-25/h2-18,20,30-31,34-35H,19,21-22H2,1H3,(H,36,37)/b33-20+. The summed E-state index contributed by atoms with van der Waals surface area (Å²) in [6.07, 6.45) is 2.23. The Labute approximate surface area is 228 Å². The van der Waals surface area contributed by atoms with Crippen molar-refractivity contribution in [2.75, 3.05) is 0 Å². The van der Waals surface area contributed by atoms with Crippen molar-refractivity contribution in [1.82, 2.24) is 16.3 Å². The molecule has 4 aromatic carbocycles. The Morgan fingerprint density at radius 1 is 0.821 bits per heavy atom. The third-order valence-electron chi connectivity index (χ3n) is 6.55. The summed E-state index contributed by atoms with van der Waals surface area (Å²) in [5, 5.41) is 4.12. The van der Waals surface area contributed by atoms with Gasteiger partial charge < -0.3 is 9.47 Å². The number of hydrogen-bond donors (Lipinski definition) is 3. The van der Waals surface area contributed by atoms with E-state index >= 15 is 0 Å². The number of hydrazine groups is 1. The van der Waals surface area contributed by atoms with Crippen LogP contribution in [0.2, 0.25) is 0 Å². The number of nitrogens with one attached hydrogen (secondary N) is 3. The maximum Gasteiger partial charge on any atom is 0.258 e. The maximum absolute atomic E-state index is 12.6. The Balaban J connectivity index is 1.05. The molecule has 4 aromatic rings. The second-order valence-corrected chi connectivity index (χ2v) is 9.55. The van der Waals surface area contributed by atoms with Crippen LogP contribution in [0.1, 0.15) is 40.3 Å². The van der Waals surface area contributed by atoms with Gasteiger partial charge in [-0.1, -0.05) is 72.3 Å². The SMILES string of the molecule is Cc1ccc(COc2ccc(C3CC(C(=O)N/N=C/c4ccc(OCc5ccccc5)cc4)NN3)cc2)cc1. The highest BCUT2D eigenvalue weighted by Gasteiger charge is 2.30. The zero-order valence-electron chi connectivity index (χ0n) is 21.8. The molecule has 5 rings (SSSR count). The summed E-state index contributed by atoms with van der Waals surface area (Å²) in [6, 6.07) is 33.5. The van der Waals surface area contributed by atoms with Crippen LogP contribution in [0.5, 0.6) is 11.5 Å². The molecule has 1 aliphatic heterocycles. The number of rotatable bonds is 10. The molecule has 7 heteroatoms. The number of nitrogens with zero attached hydrogens (tertiary/aromatic N) is 1. The van der Waals surface area contributed by atoms with E-state index in [1.807, 2.05) is 78.9 Å². The highest BCUT2D eigenvalue weighted by atomic mass is 16.5. The molecule has 198 valence electrons. The van der Waals surface area contributed by atoms with Crippen molar-refractivity contribution < 1.29 is 14.3 Å². The maximum atomic E-state index is 12.6. The fraction of sp³-hybridized carbons (Fsp3) is 0.188. The van der Waals surface area contributed by atoms with Gasteiger partial charge in [0.25, 0.3) is 5.91 Å². The lowest BCUT2D eigenvalue weighted by Crippen LogP contribution is -2.41. The van der Waals surface area contributed by atoms with Crippen molar-refractivity contribution in [1.29, 1.82) is 0 Å². The molecule has 3 N–H and O–H groups in total. The Bertz CT molecular complexity index is 1370. The number of aryl methyl sites for hydroxylation is 1. The second-order valence-electron chi connectivity index (χ2n) is 9.55. The van der Waals surface area contributed by atoms with Gasteiger partial charge in [0.2, 0.25) is 0 Å². The van der Waals surface area contributed by atoms with Gasteiger partial charge in [-0.05, 0) is 72.0 Å². The predicted molar refractivity (Wildman–Crippen MR) is 152 cm³/mol. The summed E-state index contributed by atoms with van der Waals surface area (Å²) in [7, 11) is 0. The van der Waals surface area contributed by atoms with Crippen molar-refractivity contribution in [3.05, 3.63) is 131 Å². The van der Waals surface area contributed by atoms with Crippen molar-refractivity contribution in [2.45, 2.75) is 38.6 Å². The first kappa shape index (κ1) is 26.2. The molecule has 39 heavy (non-hydrogen) atoms. The molecule has 0 radical (unpaired) electrons. The first-order chi connectivity index (χ1) is 19.1. The Morgan fingerprint density at radius 2 is 1.44 bits per heavy atom. The van der Waals surface area contributed by atoms with E-state index in [9.17, 15) is 4.79 Å². The molecule has 1 aliphatic rings. The van der Waals surface area contributed by atoms with Crippen LogP contribution in [-0.2, 0) is 18.0 Å². The van der Waals surface area contributed by atoms with Gasteiger partial charge >= 0.3 is 0 Å². The predicted octanol–water partition coefficient (Wildman–Crippen LogP) is 5.21. The highest BCUT2D eigenvalue weighted by Crippen LogP contribution is 2.25. The average Bonchev–Trinajstić information content (AvgIpc) is 3.48. The smallest absolute Gasteiger partial charge is 0.258 e. The first-order valence-corrected chi connectivity index (χ1v) is 13.0. The van der Waals surface area contributed by atoms with E-state index in [0.717, 1.165) is 33.8 Å². The van der Waals surface area contributed by atoms with Gasteiger partial charge in [0.15, 0.2) is 0 Å². The van der Waals surface area contributed by atoms with Gasteiger partial charge in [0, 0.05) is 6.04 Å². The molecule has 0 aliphatic carbocycles. The normalized spacial score (nSPS) is 16.7. The number of carbonyl (C=O) groups excluding carboxylic acids is 1. The topological polar surface area (TPSA) is 84.0 Å². The van der Waals surface area contributed by atoms with E-state index in [4.69, 9.17) is 9.47 Å². The van der Waals surface area contributed by atoms with Crippen molar-refractivity contribution in [2.24, 2.45) is 5.10 Å². The lowest BCUT2D eigenvalue weighted by Gasteiger charge is -2.11. The van der Waals surface area contributed by atoms with Crippen molar-refractivity contribution in [3.8, 4) is 11.5 Å². The molecule has 0 spiro atoms. The molecule has 0 saturated carbocycles. The molecule has 1 heterocycles. The van der Waals surface area contributed by atoms with Crippen LogP contribution < -0.4 is 25.8 Å². The Morgan fingerprint density at radius 3 is 2.10 bits per heavy atom. The summed E-state index contributed by atoms with van der Waals surface area (Å²) in [5.41, 5.74) is 14.3. The van der Waals surface area contributed by atoms with Gasteiger partial charge in [0.1, 0.15) is 30.8 Å². The summed E-state index contributed by atoms with van der Waals surface area (Å²) < 4.78 is 11.7. The molecule has 0 bridgehead atoms. The second kappa shape index (κ2) is 12.9. The van der Waals surface area contributed by atoms with Gasteiger partial charge in [-0.3, -0.25) is 4.79 Å². The van der Waals surface area contributed by atoms with Crippen molar-refractivity contribution >= 4 is 12.1 Å². The molecule has 0 aromatic heterocycles. The number of amides is 1. The molecular weight excluding hydrogens is 488 g/mol. The van der Waals surface area contributed by atoms with E-state index in [1.54, 1.807) is 6.21 Å². The van der Waals surface area contributed by atoms with Gasteiger partial charge in [-0.25, -0.2) is 16.3 Å². The third-order valence-corrected chi connectivity index (χ3v) is 6.55. The molecule has 2 atom stereocenters. The highest BCUT2D eigenvalue weighted by molar-refractivity contribution is 5.85. The van der Waals surface area contributed by atoms with Crippen LogP contribution in [0.3, 0.4) is 0 Å². The van der Waals surface area contributed by atoms with E-state index < -0.39 is 6.04 Å². The van der Waals surface area contributed by atoms with Crippen LogP contribution in [0.25, 0.3) is 0 Å². The Kier molecular flexibility index (Phi) is 8.63. The van der Waals surface area contributed by atoms with Crippen LogP contribution in [0, 0.1) is 6.92 Å². The first-order valence-electron chi connectivity index (χ1n) is 13.0. The van der Waals surface area contributed by atoms with E-state index in [1.165, 1.54) is 5.56 Å². The number of hydrazone groups is 1. The molecule has 7 nitrogen and oxygen atoms in total. The zero-order valence-corrected chi connectivity index (χ0v) is 21.8. The largest absolute Gasteiger partial charge is 0.489 e. The molecule has 2 unspecified atom stereocenters. The van der Waals surface area contributed by atoms with Gasteiger partial charge in [0.05, 0.1) is 6.21 Å². The summed E-state index contributed by atoms with van der Waals surface area (Å²) in [5.74, 6) is 1.39. The monoisotopic (exact) mass is 520 g/mol. The number of carbonyl (C=O) groups is 1. The minimum absolute atomic E-state index is 0.0132.